The summed E-state index contributed by atoms with van der Waals surface area (Å²) in [6, 6.07) is 0. The fourth-order valence-electron chi connectivity index (χ4n) is 4.45. The number of thioether (sulfide) groups is 1. The van der Waals surface area contributed by atoms with E-state index in [9.17, 15) is 14.7 Å². The molecule has 0 bridgehead atoms. The van der Waals surface area contributed by atoms with Crippen LogP contribution in [0, 0.1) is 5.92 Å². The zero-order chi connectivity index (χ0) is 23.6. The molecule has 0 aromatic carbocycles. The first kappa shape index (κ1) is 29.0. The number of nitrogens with one attached hydrogen (secondary N) is 2. The van der Waals surface area contributed by atoms with Gasteiger partial charge in [-0.1, -0.05) is 82.8 Å². The average molecular weight is 469 g/mol. The van der Waals surface area contributed by atoms with Crippen LogP contribution in [0.25, 0.3) is 0 Å². The number of amides is 2. The van der Waals surface area contributed by atoms with E-state index in [2.05, 4.69) is 23.6 Å². The minimum Gasteiger partial charge on any atom is -0.391 e. The van der Waals surface area contributed by atoms with Gasteiger partial charge in [0, 0.05) is 20.5 Å². The van der Waals surface area contributed by atoms with Crippen LogP contribution in [-0.2, 0) is 9.59 Å². The van der Waals surface area contributed by atoms with E-state index in [0.29, 0.717) is 12.2 Å². The van der Waals surface area contributed by atoms with Gasteiger partial charge in [0.15, 0.2) is 0 Å². The van der Waals surface area contributed by atoms with Crippen LogP contribution in [0.5, 0.6) is 0 Å². The molecule has 1 aliphatic carbocycles. The number of carbonyl (C=O) groups excluding carboxylic acids is 2. The van der Waals surface area contributed by atoms with E-state index in [1.54, 1.807) is 14.1 Å². The fraction of sp³-hybridized carbons (Fsp3) is 0.846. The molecule has 0 aliphatic heterocycles. The molecule has 0 spiro atoms. The molecule has 32 heavy (non-hydrogen) atoms. The summed E-state index contributed by atoms with van der Waals surface area (Å²) >= 11 is 1.51. The molecule has 5 nitrogen and oxygen atoms in total. The summed E-state index contributed by atoms with van der Waals surface area (Å²) in [4.78, 5) is 23.6. The van der Waals surface area contributed by atoms with E-state index in [1.165, 1.54) is 88.0 Å². The van der Waals surface area contributed by atoms with Crippen molar-refractivity contribution in [1.82, 2.24) is 10.6 Å². The first-order chi connectivity index (χ1) is 15.5. The Morgan fingerprint density at radius 3 is 2.06 bits per heavy atom. The van der Waals surface area contributed by atoms with Gasteiger partial charge in [-0.15, -0.1) is 11.8 Å². The number of aliphatic hydroxyl groups is 1. The molecule has 3 atom stereocenters. The van der Waals surface area contributed by atoms with Crippen molar-refractivity contribution in [2.24, 2.45) is 5.92 Å². The molecule has 0 saturated heterocycles. The van der Waals surface area contributed by atoms with Crippen molar-refractivity contribution in [3.63, 3.8) is 0 Å². The van der Waals surface area contributed by atoms with Crippen LogP contribution in [0.4, 0.5) is 0 Å². The van der Waals surface area contributed by atoms with Crippen molar-refractivity contribution < 1.29 is 14.7 Å². The lowest BCUT2D eigenvalue weighted by Gasteiger charge is -2.36. The summed E-state index contributed by atoms with van der Waals surface area (Å²) in [6.45, 7) is 2.26. The largest absolute Gasteiger partial charge is 0.391 e. The third-order valence-corrected chi connectivity index (χ3v) is 7.95. The minimum absolute atomic E-state index is 0.0275. The molecule has 1 fully saturated rings. The number of rotatable bonds is 17. The molecule has 1 aliphatic rings. The van der Waals surface area contributed by atoms with Gasteiger partial charge >= 0.3 is 0 Å². The Morgan fingerprint density at radius 2 is 1.50 bits per heavy atom. The molecular formula is C26H48N2O3S. The molecule has 186 valence electrons. The third kappa shape index (κ3) is 12.3. The van der Waals surface area contributed by atoms with Gasteiger partial charge in [0.25, 0.3) is 0 Å². The maximum atomic E-state index is 11.8. The Morgan fingerprint density at radius 1 is 0.938 bits per heavy atom. The topological polar surface area (TPSA) is 78.4 Å². The monoisotopic (exact) mass is 468 g/mol. The van der Waals surface area contributed by atoms with E-state index < -0.39 is 6.10 Å². The SMILES string of the molecule is CCCCCCCCCCCCC/C=C1\CC[C@H](CC(=O)NC)[C@@H](O)[C@@H]1SCC(=O)NC. The van der Waals surface area contributed by atoms with Crippen molar-refractivity contribution in [2.45, 2.75) is 115 Å². The normalized spacial score (nSPS) is 22.1. The second-order valence-electron chi connectivity index (χ2n) is 9.17. The van der Waals surface area contributed by atoms with Gasteiger partial charge in [-0.25, -0.2) is 0 Å². The molecule has 3 N–H and O–H groups in total. The van der Waals surface area contributed by atoms with Gasteiger partial charge in [-0.3, -0.25) is 9.59 Å². The van der Waals surface area contributed by atoms with Gasteiger partial charge in [-0.05, 0) is 31.6 Å². The lowest BCUT2D eigenvalue weighted by molar-refractivity contribution is -0.122. The van der Waals surface area contributed by atoms with Crippen LogP contribution in [-0.4, -0.2) is 48.1 Å². The minimum atomic E-state index is -0.584. The summed E-state index contributed by atoms with van der Waals surface area (Å²) in [5.74, 6) is 0.231. The number of hydrogen-bond donors (Lipinski definition) is 3. The summed E-state index contributed by atoms with van der Waals surface area (Å²) in [6.07, 6.45) is 19.6. The zero-order valence-electron chi connectivity index (χ0n) is 20.8. The van der Waals surface area contributed by atoms with E-state index in [1.807, 2.05) is 0 Å². The van der Waals surface area contributed by atoms with Crippen molar-refractivity contribution in [3.8, 4) is 0 Å². The van der Waals surface area contributed by atoms with Crippen molar-refractivity contribution >= 4 is 23.6 Å². The van der Waals surface area contributed by atoms with Crippen molar-refractivity contribution in [3.05, 3.63) is 11.6 Å². The van der Waals surface area contributed by atoms with Crippen LogP contribution in [0.2, 0.25) is 0 Å². The molecular weight excluding hydrogens is 420 g/mol. The summed E-state index contributed by atoms with van der Waals surface area (Å²) < 4.78 is 0. The maximum Gasteiger partial charge on any atom is 0.229 e. The first-order valence-electron chi connectivity index (χ1n) is 12.9. The molecule has 1 rings (SSSR count). The summed E-state index contributed by atoms with van der Waals surface area (Å²) in [5, 5.41) is 16.2. The number of allylic oxidation sites excluding steroid dienone is 1. The molecule has 0 heterocycles. The lowest BCUT2D eigenvalue weighted by atomic mass is 9.80. The van der Waals surface area contributed by atoms with Gasteiger partial charge in [0.2, 0.25) is 11.8 Å². The Hall–Kier alpha value is -1.01. The molecule has 0 radical (unpaired) electrons. The first-order valence-corrected chi connectivity index (χ1v) is 14.0. The quantitative estimate of drug-likeness (QED) is 0.198. The molecule has 0 unspecified atom stereocenters. The number of unbranched alkanes of at least 4 members (excludes halogenated alkanes) is 11. The van der Waals surface area contributed by atoms with E-state index in [4.69, 9.17) is 0 Å². The van der Waals surface area contributed by atoms with Gasteiger partial charge in [-0.2, -0.15) is 0 Å². The van der Waals surface area contributed by atoms with Crippen LogP contribution < -0.4 is 10.6 Å². The zero-order valence-corrected chi connectivity index (χ0v) is 21.6. The van der Waals surface area contributed by atoms with E-state index in [0.717, 1.165) is 19.3 Å². The second kappa shape index (κ2) is 18.4. The Bertz CT molecular complexity index is 553. The predicted molar refractivity (Wildman–Crippen MR) is 137 cm³/mol. The predicted octanol–water partition coefficient (Wildman–Crippen LogP) is 5.37. The number of hydrogen-bond acceptors (Lipinski definition) is 4. The van der Waals surface area contributed by atoms with Gasteiger partial charge < -0.3 is 15.7 Å². The highest BCUT2D eigenvalue weighted by Gasteiger charge is 2.36. The van der Waals surface area contributed by atoms with E-state index >= 15 is 0 Å². The van der Waals surface area contributed by atoms with Crippen LogP contribution in [0.15, 0.2) is 11.6 Å². The Labute approximate surface area is 201 Å². The fourth-order valence-corrected chi connectivity index (χ4v) is 5.77. The van der Waals surface area contributed by atoms with E-state index in [-0.39, 0.29) is 23.0 Å². The van der Waals surface area contributed by atoms with Crippen LogP contribution >= 0.6 is 11.8 Å². The highest BCUT2D eigenvalue weighted by atomic mass is 32.2. The van der Waals surface area contributed by atoms with Gasteiger partial charge in [0.1, 0.15) is 0 Å². The molecule has 2 amide bonds. The summed E-state index contributed by atoms with van der Waals surface area (Å²) in [7, 11) is 3.27. The van der Waals surface area contributed by atoms with Crippen LogP contribution in [0.1, 0.15) is 103 Å². The molecule has 1 saturated carbocycles. The summed E-state index contributed by atoms with van der Waals surface area (Å²) in [5.41, 5.74) is 1.26. The second-order valence-corrected chi connectivity index (χ2v) is 10.3. The number of carbonyl (C=O) groups is 2. The highest BCUT2D eigenvalue weighted by Crippen LogP contribution is 2.38. The molecule has 0 aromatic rings. The third-order valence-electron chi connectivity index (χ3n) is 6.58. The smallest absolute Gasteiger partial charge is 0.229 e. The lowest BCUT2D eigenvalue weighted by Crippen LogP contribution is -2.40. The van der Waals surface area contributed by atoms with Crippen LogP contribution in [0.3, 0.4) is 0 Å². The molecule has 0 aromatic heterocycles. The Kier molecular flexibility index (Phi) is 16.7. The standard InChI is InChI=1S/C26H48N2O3S/c1-4-5-6-7-8-9-10-11-12-13-14-15-16-21-17-18-22(19-23(29)27-2)25(31)26(21)32-20-24(30)28-3/h16,22,25-26,31H,4-15,17-20H2,1-3H3,(H,27,29)(H,28,30)/b21-16+/t22-,25-,26-/m1/s1. The Balaban J connectivity index is 2.38. The van der Waals surface area contributed by atoms with Crippen molar-refractivity contribution in [2.75, 3.05) is 19.8 Å². The average Bonchev–Trinajstić information content (AvgIpc) is 2.80. The number of aliphatic hydroxyl groups excluding tert-OH is 1. The van der Waals surface area contributed by atoms with Gasteiger partial charge in [0.05, 0.1) is 17.1 Å². The maximum absolute atomic E-state index is 11.8. The van der Waals surface area contributed by atoms with Crippen molar-refractivity contribution in [1.29, 1.82) is 0 Å². The highest BCUT2D eigenvalue weighted by molar-refractivity contribution is 8.00. The molecule has 6 heteroatoms.